The molecule has 4 nitrogen and oxygen atoms in total. The molecule has 0 bridgehead atoms. The lowest BCUT2D eigenvalue weighted by atomic mass is 9.97. The molecule has 1 N–H and O–H groups in total. The standard InChI is InChI=1S/C21H16F2N2O2/c1-12(14-6-16(22)9-17(23)7-14)25-21(26)13-2-3-19-18-4-5-24-10-15(18)11-27-20(19)8-13/h2-10,12H,11H2,1H3,(H,25,26)/t12-/m0/s1. The summed E-state index contributed by atoms with van der Waals surface area (Å²) in [5, 5.41) is 2.76. The Labute approximate surface area is 154 Å². The molecule has 0 saturated carbocycles. The maximum Gasteiger partial charge on any atom is 0.251 e. The van der Waals surface area contributed by atoms with Gasteiger partial charge in [-0.2, -0.15) is 0 Å². The Morgan fingerprint density at radius 3 is 2.67 bits per heavy atom. The van der Waals surface area contributed by atoms with Crippen LogP contribution in [0.5, 0.6) is 5.75 Å². The molecule has 3 aromatic rings. The average molecular weight is 366 g/mol. The number of hydrogen-bond donors (Lipinski definition) is 1. The number of hydrogen-bond acceptors (Lipinski definition) is 3. The second-order valence-corrected chi connectivity index (χ2v) is 6.43. The molecule has 2 aromatic carbocycles. The molecule has 1 atom stereocenters. The number of nitrogens with one attached hydrogen (secondary N) is 1. The average Bonchev–Trinajstić information content (AvgIpc) is 2.66. The van der Waals surface area contributed by atoms with E-state index in [1.165, 1.54) is 12.1 Å². The van der Waals surface area contributed by atoms with Crippen LogP contribution in [0.25, 0.3) is 11.1 Å². The van der Waals surface area contributed by atoms with Crippen LogP contribution in [0.1, 0.15) is 34.5 Å². The Kier molecular flexibility index (Phi) is 4.32. The van der Waals surface area contributed by atoms with Crippen molar-refractivity contribution in [3.05, 3.63) is 83.2 Å². The summed E-state index contributed by atoms with van der Waals surface area (Å²) >= 11 is 0. The predicted octanol–water partition coefficient (Wildman–Crippen LogP) is 4.41. The van der Waals surface area contributed by atoms with Gasteiger partial charge >= 0.3 is 0 Å². The first-order valence-corrected chi connectivity index (χ1v) is 8.48. The third-order valence-corrected chi connectivity index (χ3v) is 4.55. The highest BCUT2D eigenvalue weighted by Crippen LogP contribution is 2.37. The van der Waals surface area contributed by atoms with Gasteiger partial charge in [-0.15, -0.1) is 0 Å². The van der Waals surface area contributed by atoms with E-state index in [9.17, 15) is 13.6 Å². The van der Waals surface area contributed by atoms with Gasteiger partial charge in [-0.3, -0.25) is 9.78 Å². The summed E-state index contributed by atoms with van der Waals surface area (Å²) in [4.78, 5) is 16.7. The van der Waals surface area contributed by atoms with Crippen molar-refractivity contribution in [2.45, 2.75) is 19.6 Å². The molecule has 1 amide bonds. The number of carbonyl (C=O) groups is 1. The summed E-state index contributed by atoms with van der Waals surface area (Å²) < 4.78 is 32.5. The van der Waals surface area contributed by atoms with Crippen LogP contribution >= 0.6 is 0 Å². The van der Waals surface area contributed by atoms with Crippen molar-refractivity contribution in [2.75, 3.05) is 0 Å². The fourth-order valence-corrected chi connectivity index (χ4v) is 3.15. The van der Waals surface area contributed by atoms with Crippen LogP contribution in [0.15, 0.2) is 54.9 Å². The highest BCUT2D eigenvalue weighted by molar-refractivity contribution is 5.96. The van der Waals surface area contributed by atoms with E-state index in [0.717, 1.165) is 22.8 Å². The minimum atomic E-state index is -0.679. The molecule has 136 valence electrons. The smallest absolute Gasteiger partial charge is 0.251 e. The van der Waals surface area contributed by atoms with Crippen LogP contribution in [-0.4, -0.2) is 10.9 Å². The number of benzene rings is 2. The minimum Gasteiger partial charge on any atom is -0.488 e. The van der Waals surface area contributed by atoms with Crippen molar-refractivity contribution in [3.63, 3.8) is 0 Å². The van der Waals surface area contributed by atoms with Crippen LogP contribution in [0.2, 0.25) is 0 Å². The van der Waals surface area contributed by atoms with Crippen molar-refractivity contribution in [3.8, 4) is 16.9 Å². The van der Waals surface area contributed by atoms with E-state index in [1.807, 2.05) is 12.1 Å². The van der Waals surface area contributed by atoms with Crippen LogP contribution in [-0.2, 0) is 6.61 Å². The summed E-state index contributed by atoms with van der Waals surface area (Å²) in [6.07, 6.45) is 3.48. The van der Waals surface area contributed by atoms with Crippen molar-refractivity contribution < 1.29 is 18.3 Å². The first-order valence-electron chi connectivity index (χ1n) is 8.48. The molecule has 0 radical (unpaired) electrons. The fourth-order valence-electron chi connectivity index (χ4n) is 3.15. The zero-order chi connectivity index (χ0) is 19.0. The molecule has 0 unspecified atom stereocenters. The Hall–Kier alpha value is -3.28. The van der Waals surface area contributed by atoms with Gasteiger partial charge in [0.2, 0.25) is 0 Å². The Bertz CT molecular complexity index is 1020. The number of aromatic nitrogens is 1. The first-order chi connectivity index (χ1) is 13.0. The highest BCUT2D eigenvalue weighted by Gasteiger charge is 2.20. The van der Waals surface area contributed by atoms with E-state index in [-0.39, 0.29) is 5.91 Å². The van der Waals surface area contributed by atoms with Crippen LogP contribution < -0.4 is 10.1 Å². The lowest BCUT2D eigenvalue weighted by Gasteiger charge is -2.21. The van der Waals surface area contributed by atoms with Gasteiger partial charge in [0.05, 0.1) is 6.04 Å². The molecule has 2 heterocycles. The van der Waals surface area contributed by atoms with Crippen LogP contribution in [0.3, 0.4) is 0 Å². The SMILES string of the molecule is C[C@H](NC(=O)c1ccc2c(c1)OCc1cnccc1-2)c1cc(F)cc(F)c1. The molecular weight excluding hydrogens is 350 g/mol. The van der Waals surface area contributed by atoms with Gasteiger partial charge < -0.3 is 10.1 Å². The number of pyridine rings is 1. The summed E-state index contributed by atoms with van der Waals surface area (Å²) in [6, 6.07) is 9.77. The van der Waals surface area contributed by atoms with Crippen LogP contribution in [0.4, 0.5) is 8.78 Å². The number of carbonyl (C=O) groups excluding carboxylic acids is 1. The van der Waals surface area contributed by atoms with Gasteiger partial charge in [-0.05, 0) is 54.4 Å². The molecule has 0 saturated heterocycles. The van der Waals surface area contributed by atoms with E-state index in [1.54, 1.807) is 31.5 Å². The monoisotopic (exact) mass is 366 g/mol. The van der Waals surface area contributed by atoms with Crippen molar-refractivity contribution in [1.82, 2.24) is 10.3 Å². The molecule has 1 aromatic heterocycles. The molecule has 6 heteroatoms. The zero-order valence-corrected chi connectivity index (χ0v) is 14.5. The lowest BCUT2D eigenvalue weighted by molar-refractivity contribution is 0.0939. The van der Waals surface area contributed by atoms with Crippen molar-refractivity contribution in [1.29, 1.82) is 0 Å². The number of halogens is 2. The van der Waals surface area contributed by atoms with Gasteiger partial charge in [0.1, 0.15) is 24.0 Å². The van der Waals surface area contributed by atoms with Gasteiger partial charge in [0.25, 0.3) is 5.91 Å². The van der Waals surface area contributed by atoms with Gasteiger partial charge in [-0.1, -0.05) is 0 Å². The third kappa shape index (κ3) is 3.38. The normalized spacial score (nSPS) is 13.1. The van der Waals surface area contributed by atoms with E-state index in [4.69, 9.17) is 4.74 Å². The topological polar surface area (TPSA) is 51.2 Å². The fraction of sp³-hybridized carbons (Fsp3) is 0.143. The Morgan fingerprint density at radius 1 is 1.11 bits per heavy atom. The van der Waals surface area contributed by atoms with Gasteiger partial charge in [0, 0.05) is 35.2 Å². The summed E-state index contributed by atoms with van der Waals surface area (Å²) in [5.41, 5.74) is 3.69. The molecule has 0 fully saturated rings. The maximum absolute atomic E-state index is 13.4. The second-order valence-electron chi connectivity index (χ2n) is 6.43. The molecule has 0 aliphatic carbocycles. The second kappa shape index (κ2) is 6.79. The van der Waals surface area contributed by atoms with Gasteiger partial charge in [0.15, 0.2) is 0 Å². The highest BCUT2D eigenvalue weighted by atomic mass is 19.1. The quantitative estimate of drug-likeness (QED) is 0.747. The zero-order valence-electron chi connectivity index (χ0n) is 14.5. The van der Waals surface area contributed by atoms with E-state index < -0.39 is 17.7 Å². The number of ether oxygens (including phenoxy) is 1. The third-order valence-electron chi connectivity index (χ3n) is 4.55. The minimum absolute atomic E-state index is 0.348. The van der Waals surface area contributed by atoms with E-state index in [2.05, 4.69) is 10.3 Å². The molecule has 4 rings (SSSR count). The molecular formula is C21H16F2N2O2. The predicted molar refractivity (Wildman–Crippen MR) is 96.2 cm³/mol. The number of nitrogens with zero attached hydrogens (tertiary/aromatic N) is 1. The van der Waals surface area contributed by atoms with Crippen molar-refractivity contribution in [2.24, 2.45) is 0 Å². The molecule has 1 aliphatic rings. The van der Waals surface area contributed by atoms with Crippen LogP contribution in [0, 0.1) is 11.6 Å². The molecule has 0 spiro atoms. The van der Waals surface area contributed by atoms with Crippen molar-refractivity contribution >= 4 is 5.91 Å². The van der Waals surface area contributed by atoms with E-state index >= 15 is 0 Å². The summed E-state index contributed by atoms with van der Waals surface area (Å²) in [6.45, 7) is 2.06. The molecule has 1 aliphatic heterocycles. The number of fused-ring (bicyclic) bond motifs is 3. The van der Waals surface area contributed by atoms with E-state index in [0.29, 0.717) is 23.5 Å². The number of amides is 1. The summed E-state index contributed by atoms with van der Waals surface area (Å²) in [7, 11) is 0. The Balaban J connectivity index is 1.57. The first kappa shape index (κ1) is 17.1. The number of rotatable bonds is 3. The molecule has 27 heavy (non-hydrogen) atoms. The largest absolute Gasteiger partial charge is 0.488 e. The summed E-state index contributed by atoms with van der Waals surface area (Å²) in [5.74, 6) is -1.09. The lowest BCUT2D eigenvalue weighted by Crippen LogP contribution is -2.27. The Morgan fingerprint density at radius 2 is 1.89 bits per heavy atom. The van der Waals surface area contributed by atoms with Gasteiger partial charge in [-0.25, -0.2) is 8.78 Å². The maximum atomic E-state index is 13.4.